The Morgan fingerprint density at radius 3 is 1.18 bits per heavy atom. The van der Waals surface area contributed by atoms with Crippen LogP contribution in [0.3, 0.4) is 0 Å². The molecule has 1 amide bonds. The first-order chi connectivity index (χ1) is 37.3. The molecule has 1 rings (SSSR count). The fraction of sp³-hybridized carbons (Fsp3) is 0.836. The van der Waals surface area contributed by atoms with E-state index in [1.165, 1.54) is 231 Å². The zero-order valence-electron chi connectivity index (χ0n) is 49.5. The van der Waals surface area contributed by atoms with E-state index < -0.39 is 49.5 Å². The van der Waals surface area contributed by atoms with Crippen molar-refractivity contribution in [3.63, 3.8) is 0 Å². The predicted octanol–water partition coefficient (Wildman–Crippen LogP) is 17.0. The molecule has 0 spiro atoms. The van der Waals surface area contributed by atoms with Crippen molar-refractivity contribution in [2.75, 3.05) is 13.2 Å². The first kappa shape index (κ1) is 71.9. The normalized spacial score (nSPS) is 19.2. The number of nitrogens with one attached hydrogen (secondary N) is 1. The summed E-state index contributed by atoms with van der Waals surface area (Å²) in [6, 6.07) is -0.833. The number of aliphatic hydroxyl groups is 5. The van der Waals surface area contributed by atoms with Gasteiger partial charge in [-0.25, -0.2) is 0 Å². The number of carbonyl (C=O) groups is 1. The number of hydrogen-bond acceptors (Lipinski definition) is 8. The zero-order valence-corrected chi connectivity index (χ0v) is 49.5. The first-order valence-electron chi connectivity index (χ1n) is 32.5. The monoisotopic (exact) mass is 1070 g/mol. The molecule has 0 aromatic carbocycles. The van der Waals surface area contributed by atoms with Crippen LogP contribution in [0.2, 0.25) is 0 Å². The minimum Gasteiger partial charge on any atom is -0.394 e. The summed E-state index contributed by atoms with van der Waals surface area (Å²) in [7, 11) is 0. The molecule has 1 saturated heterocycles. The summed E-state index contributed by atoms with van der Waals surface area (Å²) in [6.07, 6.45) is 70.3. The summed E-state index contributed by atoms with van der Waals surface area (Å²) in [5.41, 5.74) is 0. The lowest BCUT2D eigenvalue weighted by Crippen LogP contribution is -2.60. The molecule has 0 radical (unpaired) electrons. The quantitative estimate of drug-likeness (QED) is 0.0261. The van der Waals surface area contributed by atoms with Crippen molar-refractivity contribution in [2.45, 2.75) is 346 Å². The molecule has 9 heteroatoms. The number of hydrogen-bond donors (Lipinski definition) is 6. The van der Waals surface area contributed by atoms with Crippen LogP contribution in [-0.4, -0.2) is 87.5 Å². The van der Waals surface area contributed by atoms with Crippen molar-refractivity contribution in [3.05, 3.63) is 60.8 Å². The van der Waals surface area contributed by atoms with Crippen LogP contribution in [0.15, 0.2) is 60.8 Å². The molecular weight excluding hydrogens is 947 g/mol. The van der Waals surface area contributed by atoms with E-state index in [9.17, 15) is 30.3 Å². The molecule has 7 atom stereocenters. The maximum atomic E-state index is 13.1. The minimum atomic E-state index is -1.58. The molecule has 0 aromatic heterocycles. The van der Waals surface area contributed by atoms with Gasteiger partial charge in [-0.3, -0.25) is 4.79 Å². The minimum absolute atomic E-state index is 0.191. The van der Waals surface area contributed by atoms with Gasteiger partial charge in [-0.2, -0.15) is 0 Å². The van der Waals surface area contributed by atoms with E-state index in [0.717, 1.165) is 51.4 Å². The van der Waals surface area contributed by atoms with Crippen LogP contribution in [0.25, 0.3) is 0 Å². The molecule has 0 aromatic rings. The molecule has 6 N–H and O–H groups in total. The number of carbonyl (C=O) groups excluding carboxylic acids is 1. The molecule has 0 aliphatic carbocycles. The lowest BCUT2D eigenvalue weighted by molar-refractivity contribution is -0.302. The maximum absolute atomic E-state index is 13.1. The molecule has 0 bridgehead atoms. The summed E-state index contributed by atoms with van der Waals surface area (Å²) in [5, 5.41) is 54.6. The van der Waals surface area contributed by atoms with Gasteiger partial charge in [0, 0.05) is 6.42 Å². The lowest BCUT2D eigenvalue weighted by Gasteiger charge is -2.40. The summed E-state index contributed by atoms with van der Waals surface area (Å²) >= 11 is 0. The second-order valence-electron chi connectivity index (χ2n) is 22.5. The second kappa shape index (κ2) is 56.2. The van der Waals surface area contributed by atoms with E-state index in [2.05, 4.69) is 67.8 Å². The van der Waals surface area contributed by atoms with Gasteiger partial charge in [-0.1, -0.05) is 280 Å². The summed E-state index contributed by atoms with van der Waals surface area (Å²) in [5.74, 6) is -0.191. The van der Waals surface area contributed by atoms with Crippen molar-refractivity contribution < 1.29 is 39.8 Å². The number of rotatable bonds is 56. The Morgan fingerprint density at radius 2 is 0.789 bits per heavy atom. The topological polar surface area (TPSA) is 149 Å². The van der Waals surface area contributed by atoms with Gasteiger partial charge >= 0.3 is 0 Å². The molecule has 76 heavy (non-hydrogen) atoms. The van der Waals surface area contributed by atoms with E-state index in [1.54, 1.807) is 6.08 Å². The van der Waals surface area contributed by atoms with Crippen molar-refractivity contribution in [2.24, 2.45) is 0 Å². The highest BCUT2D eigenvalue weighted by Gasteiger charge is 2.44. The number of allylic oxidation sites excluding steroid dienone is 9. The highest BCUT2D eigenvalue weighted by Crippen LogP contribution is 2.23. The fourth-order valence-electron chi connectivity index (χ4n) is 10.2. The standard InChI is InChI=1S/C67H123NO8/c1-3-5-7-9-11-13-15-17-19-21-23-25-27-28-29-30-31-32-33-35-36-38-40-42-44-46-48-50-52-54-56-61(70)60(59-75-67-66(74)65(73)64(72)62(58-69)76-67)68-63(71)57-55-53-51-49-47-45-43-41-39-37-34-26-24-22-20-18-16-14-12-10-8-6-4-2/h16,18,22,24,38,40,46,48,54,56,60-62,64-67,69-70,72-74H,3-15,17,19-21,23,25-37,39,41-45,47,49-53,55,57-59H2,1-2H3,(H,68,71)/b18-16-,24-22-,40-38+,48-46+,56-54+. The van der Waals surface area contributed by atoms with Crippen LogP contribution in [0.1, 0.15) is 303 Å². The Kier molecular flexibility index (Phi) is 53.1. The summed E-state index contributed by atoms with van der Waals surface area (Å²) < 4.78 is 11.3. The lowest BCUT2D eigenvalue weighted by atomic mass is 9.99. The van der Waals surface area contributed by atoms with Crippen LogP contribution in [0, 0.1) is 0 Å². The molecule has 1 aliphatic heterocycles. The van der Waals surface area contributed by atoms with Gasteiger partial charge in [-0.05, 0) is 77.0 Å². The molecule has 9 nitrogen and oxygen atoms in total. The molecular formula is C67H123NO8. The van der Waals surface area contributed by atoms with Gasteiger partial charge in [0.2, 0.25) is 5.91 Å². The average Bonchev–Trinajstić information content (AvgIpc) is 3.42. The van der Waals surface area contributed by atoms with E-state index >= 15 is 0 Å². The third-order valence-electron chi connectivity index (χ3n) is 15.3. The van der Waals surface area contributed by atoms with Crippen molar-refractivity contribution in [1.29, 1.82) is 0 Å². The van der Waals surface area contributed by atoms with Crippen molar-refractivity contribution >= 4 is 5.91 Å². The summed E-state index contributed by atoms with van der Waals surface area (Å²) in [6.45, 7) is 3.78. The second-order valence-corrected chi connectivity index (χ2v) is 22.5. The van der Waals surface area contributed by atoms with Gasteiger partial charge < -0.3 is 40.3 Å². The molecule has 0 saturated carbocycles. The number of unbranched alkanes of at least 4 members (excludes halogenated alkanes) is 38. The van der Waals surface area contributed by atoms with Crippen molar-refractivity contribution in [1.82, 2.24) is 5.32 Å². The van der Waals surface area contributed by atoms with Gasteiger partial charge in [0.25, 0.3) is 0 Å². The Morgan fingerprint density at radius 1 is 0.447 bits per heavy atom. The van der Waals surface area contributed by atoms with E-state index in [0.29, 0.717) is 6.42 Å². The van der Waals surface area contributed by atoms with E-state index in [4.69, 9.17) is 9.47 Å². The Labute approximate surface area is 468 Å². The van der Waals surface area contributed by atoms with Gasteiger partial charge in [0.1, 0.15) is 24.4 Å². The Balaban J connectivity index is 2.21. The zero-order chi connectivity index (χ0) is 55.0. The van der Waals surface area contributed by atoms with Crippen LogP contribution in [0.4, 0.5) is 0 Å². The molecule has 444 valence electrons. The smallest absolute Gasteiger partial charge is 0.220 e. The van der Waals surface area contributed by atoms with Crippen LogP contribution in [0.5, 0.6) is 0 Å². The molecule has 1 aliphatic rings. The predicted molar refractivity (Wildman–Crippen MR) is 322 cm³/mol. The van der Waals surface area contributed by atoms with Crippen LogP contribution < -0.4 is 5.32 Å². The summed E-state index contributed by atoms with van der Waals surface area (Å²) in [4.78, 5) is 13.1. The molecule has 7 unspecified atom stereocenters. The number of aliphatic hydroxyl groups excluding tert-OH is 5. The third-order valence-corrected chi connectivity index (χ3v) is 15.3. The number of amides is 1. The fourth-order valence-corrected chi connectivity index (χ4v) is 10.2. The van der Waals surface area contributed by atoms with Crippen LogP contribution in [-0.2, 0) is 14.3 Å². The van der Waals surface area contributed by atoms with Crippen LogP contribution >= 0.6 is 0 Å². The molecule has 1 heterocycles. The van der Waals surface area contributed by atoms with E-state index in [1.807, 2.05) is 6.08 Å². The van der Waals surface area contributed by atoms with Crippen molar-refractivity contribution in [3.8, 4) is 0 Å². The largest absolute Gasteiger partial charge is 0.394 e. The third kappa shape index (κ3) is 44.7. The van der Waals surface area contributed by atoms with Gasteiger partial charge in [-0.15, -0.1) is 0 Å². The average molecular weight is 1070 g/mol. The Hall–Kier alpha value is -2.11. The van der Waals surface area contributed by atoms with Gasteiger partial charge in [0.15, 0.2) is 6.29 Å². The highest BCUT2D eigenvalue weighted by molar-refractivity contribution is 5.76. The molecule has 1 fully saturated rings. The Bertz CT molecular complexity index is 1380. The van der Waals surface area contributed by atoms with E-state index in [-0.39, 0.29) is 12.5 Å². The SMILES string of the molecule is CCCCCCC/C=C\C/C=C\CCCCCCCCCCCCCC(=O)NC(COC1OC(CO)C(O)C(O)C1O)C(O)/C=C/CC/C=C/CC/C=C/CCCCCCCCCCCCCCCCCCCCCC. The first-order valence-corrected chi connectivity index (χ1v) is 32.5. The van der Waals surface area contributed by atoms with Gasteiger partial charge in [0.05, 0.1) is 25.4 Å². The highest BCUT2D eigenvalue weighted by atomic mass is 16.7. The maximum Gasteiger partial charge on any atom is 0.220 e. The number of ether oxygens (including phenoxy) is 2.